The molecule has 3 aliphatic heterocycles. The molecule has 48 heavy (non-hydrogen) atoms. The average molecular weight is 712 g/mol. The third-order valence-electron chi connectivity index (χ3n) is 8.99. The molecule has 2 aromatic heterocycles. The van der Waals surface area contributed by atoms with Gasteiger partial charge in [0.15, 0.2) is 23.9 Å². The molecule has 4 aromatic rings. The van der Waals surface area contributed by atoms with Crippen LogP contribution in [0.4, 0.5) is 0 Å². The number of ether oxygens (including phenoxy) is 4. The van der Waals surface area contributed by atoms with Crippen LogP contribution in [0, 0.1) is 5.92 Å². The second kappa shape index (κ2) is 15.7. The van der Waals surface area contributed by atoms with Crippen molar-refractivity contribution in [1.82, 2.24) is 10.2 Å². The number of nitrogens with one attached hydrogen (secondary N) is 2. The molecule has 2 bridgehead atoms. The van der Waals surface area contributed by atoms with Gasteiger partial charge in [0.05, 0.1) is 14.2 Å². The molecule has 0 radical (unpaired) electrons. The average Bonchev–Trinajstić information content (AvgIpc) is 3.59. The number of esters is 2. The molecule has 12 heteroatoms. The molecule has 252 valence electrons. The molecule has 3 fully saturated rings. The highest BCUT2D eigenvalue weighted by atomic mass is 35.5. The lowest BCUT2D eigenvalue weighted by Crippen LogP contribution is -2.52. The zero-order chi connectivity index (χ0) is 33.6. The van der Waals surface area contributed by atoms with Gasteiger partial charge < -0.3 is 18.9 Å². The van der Waals surface area contributed by atoms with E-state index in [9.17, 15) is 9.59 Å². The van der Waals surface area contributed by atoms with Crippen molar-refractivity contribution < 1.29 is 33.5 Å². The van der Waals surface area contributed by atoms with Crippen molar-refractivity contribution in [3.63, 3.8) is 0 Å². The van der Waals surface area contributed by atoms with E-state index in [1.54, 1.807) is 44.8 Å². The number of methoxy groups -OCH3 is 2. The molecule has 5 heterocycles. The summed E-state index contributed by atoms with van der Waals surface area (Å²) in [6.07, 6.45) is 4.79. The van der Waals surface area contributed by atoms with E-state index in [-0.39, 0.29) is 18.5 Å². The van der Waals surface area contributed by atoms with Crippen molar-refractivity contribution in [2.75, 3.05) is 33.9 Å². The van der Waals surface area contributed by atoms with Crippen LogP contribution in [0.5, 0.6) is 11.5 Å². The number of pyridine rings is 1. The fourth-order valence-corrected chi connectivity index (χ4v) is 7.73. The minimum absolute atomic E-state index is 0.0893. The number of fused-ring (bicyclic) bond motifs is 3. The molecule has 1 unspecified atom stereocenters. The summed E-state index contributed by atoms with van der Waals surface area (Å²) in [5.41, 5.74) is 2.15. The van der Waals surface area contributed by atoms with E-state index in [1.807, 2.05) is 42.5 Å². The van der Waals surface area contributed by atoms with Crippen molar-refractivity contribution in [3.8, 4) is 11.5 Å². The Hall–Kier alpha value is -3.67. The first-order valence-corrected chi connectivity index (χ1v) is 17.5. The molecule has 0 amide bonds. The zero-order valence-corrected chi connectivity index (χ0v) is 29.1. The highest BCUT2D eigenvalue weighted by molar-refractivity contribution is 7.13. The number of thiophene rings is 1. The summed E-state index contributed by atoms with van der Waals surface area (Å²) >= 11 is 14.3. The Labute approximate surface area is 294 Å². The molecule has 0 spiro atoms. The molecule has 2 N–H and O–H groups in total. The first kappa shape index (κ1) is 34.2. The Balaban J connectivity index is 1.17. The summed E-state index contributed by atoms with van der Waals surface area (Å²) in [4.78, 5) is 33.7. The van der Waals surface area contributed by atoms with Crippen molar-refractivity contribution in [2.45, 2.75) is 44.1 Å². The molecule has 7 rings (SSSR count). The summed E-state index contributed by atoms with van der Waals surface area (Å²) in [5.74, 6) is 0.677. The third-order valence-corrected chi connectivity index (χ3v) is 10.7. The number of nitrogens with zero attached hydrogens (tertiary/aromatic N) is 1. The number of benzene rings is 2. The number of piperidine rings is 3. The fourth-order valence-electron chi connectivity index (χ4n) is 6.35. The van der Waals surface area contributed by atoms with Gasteiger partial charge in [-0.15, -0.1) is 11.3 Å². The summed E-state index contributed by atoms with van der Waals surface area (Å²) in [6.45, 7) is 3.30. The van der Waals surface area contributed by atoms with Gasteiger partial charge in [-0.1, -0.05) is 59.6 Å². The lowest BCUT2D eigenvalue weighted by Gasteiger charge is -2.44. The van der Waals surface area contributed by atoms with Crippen LogP contribution in [0.2, 0.25) is 10.0 Å². The summed E-state index contributed by atoms with van der Waals surface area (Å²) in [7, 11) is 3.10. The van der Waals surface area contributed by atoms with Crippen molar-refractivity contribution in [1.29, 1.82) is 0 Å². The Kier molecular flexibility index (Phi) is 11.2. The Morgan fingerprint density at radius 2 is 1.69 bits per heavy atom. The van der Waals surface area contributed by atoms with Crippen LogP contribution in [-0.4, -0.2) is 56.8 Å². The van der Waals surface area contributed by atoms with Crippen LogP contribution in [0.15, 0.2) is 73.1 Å². The molecule has 2 aromatic carbocycles. The fraction of sp³-hybridized carbons (Fsp3) is 0.361. The molecule has 3 aliphatic rings. The SMILES string of the molecule is COc1ccc([C@@H](Cc2c(Cl)c[nH+]cc2Cl)OC(=O)c2ccc(CNC(C(=O)O[C@H]3CN4CCC3CC4)c3ccccc3)s2)cc1OC. The van der Waals surface area contributed by atoms with Crippen LogP contribution < -0.4 is 19.8 Å². The molecule has 0 aliphatic carbocycles. The van der Waals surface area contributed by atoms with Gasteiger partial charge in [-0.2, -0.15) is 0 Å². The maximum Gasteiger partial charge on any atom is 0.348 e. The molecule has 3 saturated heterocycles. The number of H-pyrrole nitrogens is 1. The predicted molar refractivity (Wildman–Crippen MR) is 184 cm³/mol. The number of hydrogen-bond acceptors (Lipinski definition) is 9. The van der Waals surface area contributed by atoms with E-state index in [1.165, 1.54) is 11.3 Å². The van der Waals surface area contributed by atoms with Gasteiger partial charge in [0, 0.05) is 30.0 Å². The maximum atomic E-state index is 13.6. The van der Waals surface area contributed by atoms with Crippen LogP contribution in [-0.2, 0) is 27.2 Å². The summed E-state index contributed by atoms with van der Waals surface area (Å²) in [6, 6.07) is 17.9. The van der Waals surface area contributed by atoms with Crippen molar-refractivity contribution in [3.05, 3.63) is 110 Å². The normalized spacial score (nSPS) is 19.7. The lowest BCUT2D eigenvalue weighted by atomic mass is 9.86. The van der Waals surface area contributed by atoms with Gasteiger partial charge in [-0.3, -0.25) is 10.2 Å². The smallest absolute Gasteiger partial charge is 0.348 e. The number of aromatic nitrogens is 1. The highest BCUT2D eigenvalue weighted by Gasteiger charge is 2.38. The van der Waals surface area contributed by atoms with Gasteiger partial charge in [-0.05, 0) is 67.2 Å². The molecular formula is C36H38Cl2N3O6S+. The topological polar surface area (TPSA) is 100 Å². The predicted octanol–water partition coefficient (Wildman–Crippen LogP) is 6.50. The van der Waals surface area contributed by atoms with Gasteiger partial charge >= 0.3 is 11.9 Å². The van der Waals surface area contributed by atoms with E-state index in [0.29, 0.717) is 50.0 Å². The number of hydrogen-bond donors (Lipinski definition) is 1. The minimum Gasteiger partial charge on any atom is -0.493 e. The van der Waals surface area contributed by atoms with E-state index in [0.717, 1.165) is 42.9 Å². The largest absolute Gasteiger partial charge is 0.493 e. The number of aromatic amines is 1. The van der Waals surface area contributed by atoms with Gasteiger partial charge in [0.2, 0.25) is 0 Å². The first-order chi connectivity index (χ1) is 23.3. The zero-order valence-electron chi connectivity index (χ0n) is 26.7. The molecule has 3 atom stereocenters. The van der Waals surface area contributed by atoms with Crippen LogP contribution in [0.25, 0.3) is 0 Å². The third kappa shape index (κ3) is 7.96. The Morgan fingerprint density at radius 3 is 2.35 bits per heavy atom. The Morgan fingerprint density at radius 1 is 0.958 bits per heavy atom. The summed E-state index contributed by atoms with van der Waals surface area (Å²) in [5, 5.41) is 4.23. The van der Waals surface area contributed by atoms with Crippen LogP contribution in [0.1, 0.15) is 56.2 Å². The number of carbonyl (C=O) groups excluding carboxylic acids is 2. The van der Waals surface area contributed by atoms with E-state index >= 15 is 0 Å². The van der Waals surface area contributed by atoms with E-state index < -0.39 is 18.1 Å². The molecule has 9 nitrogen and oxygen atoms in total. The highest BCUT2D eigenvalue weighted by Crippen LogP contribution is 2.36. The second-order valence-electron chi connectivity index (χ2n) is 11.9. The molecule has 0 saturated carbocycles. The van der Waals surface area contributed by atoms with Crippen molar-refractivity contribution >= 4 is 46.5 Å². The quantitative estimate of drug-likeness (QED) is 0.157. The number of carbonyl (C=O) groups is 2. The minimum atomic E-state index is -0.734. The van der Waals surface area contributed by atoms with Crippen molar-refractivity contribution in [2.24, 2.45) is 5.92 Å². The second-order valence-corrected chi connectivity index (χ2v) is 13.9. The van der Waals surface area contributed by atoms with E-state index in [4.69, 9.17) is 42.1 Å². The monoisotopic (exact) mass is 710 g/mol. The van der Waals surface area contributed by atoms with Gasteiger partial charge in [0.25, 0.3) is 0 Å². The van der Waals surface area contributed by atoms with Crippen LogP contribution in [0.3, 0.4) is 0 Å². The molecular weight excluding hydrogens is 673 g/mol. The standard InChI is InChI=1S/C36H37Cl2N3O6S/c1-44-29-10-8-24(16-31(29)45-2)30(17-26-27(37)19-39-20-28(26)38)46-35(42)33-11-9-25(48-33)18-40-34(23-6-4-3-5-7-23)36(43)47-32-21-41-14-12-22(32)13-15-41/h3-11,16,19-20,22,30,32,34,40H,12-15,17-18,21H2,1-2H3/p+1/t30-,32+,34?/m1/s1. The van der Waals surface area contributed by atoms with Gasteiger partial charge in [0.1, 0.15) is 33.2 Å². The van der Waals surface area contributed by atoms with Gasteiger partial charge in [-0.25, -0.2) is 14.6 Å². The lowest BCUT2D eigenvalue weighted by molar-refractivity contribution is -0.377. The number of halogens is 2. The van der Waals surface area contributed by atoms with E-state index in [2.05, 4.69) is 15.2 Å². The maximum absolute atomic E-state index is 13.6. The Bertz CT molecular complexity index is 1710. The summed E-state index contributed by atoms with van der Waals surface area (Å²) < 4.78 is 23.1. The first-order valence-electron chi connectivity index (χ1n) is 15.9. The van der Waals surface area contributed by atoms with Crippen LogP contribution >= 0.6 is 34.5 Å². The number of rotatable bonds is 13.